The number of carboxylic acid groups (broad SMARTS) is 1. The first kappa shape index (κ1) is 20.9. The molecule has 1 fully saturated rings. The highest BCUT2D eigenvalue weighted by molar-refractivity contribution is 5.72. The van der Waals surface area contributed by atoms with E-state index in [1.54, 1.807) is 6.20 Å². The van der Waals surface area contributed by atoms with E-state index in [0.717, 1.165) is 41.3 Å². The van der Waals surface area contributed by atoms with Gasteiger partial charge in [-0.15, -0.1) is 0 Å². The van der Waals surface area contributed by atoms with Gasteiger partial charge in [-0.3, -0.25) is 9.69 Å². The molecule has 1 aliphatic rings. The molecule has 9 nitrogen and oxygen atoms in total. The monoisotopic (exact) mass is 444 g/mol. The number of carbonyl (C=O) groups is 1. The molecule has 0 amide bonds. The number of aromatic nitrogens is 4. The van der Waals surface area contributed by atoms with Gasteiger partial charge < -0.3 is 14.9 Å². The summed E-state index contributed by atoms with van der Waals surface area (Å²) in [6, 6.07) is 17.8. The number of nitrogens with zero attached hydrogens (tertiary/aromatic N) is 5. The number of anilines is 1. The quantitative estimate of drug-likeness (QED) is 0.425. The van der Waals surface area contributed by atoms with Crippen LogP contribution in [-0.4, -0.2) is 55.5 Å². The van der Waals surface area contributed by atoms with Gasteiger partial charge in [0.15, 0.2) is 0 Å². The smallest absolute Gasteiger partial charge is 0.309 e. The fraction of sp³-hybridized carbons (Fsp3) is 0.250. The number of rotatable bonds is 8. The predicted octanol–water partition coefficient (Wildman–Crippen LogP) is 3.54. The molecule has 0 spiro atoms. The van der Waals surface area contributed by atoms with E-state index < -0.39 is 5.97 Å². The fourth-order valence-electron chi connectivity index (χ4n) is 3.93. The first-order valence-corrected chi connectivity index (χ1v) is 10.9. The predicted molar refractivity (Wildman–Crippen MR) is 123 cm³/mol. The van der Waals surface area contributed by atoms with E-state index in [0.29, 0.717) is 24.8 Å². The van der Waals surface area contributed by atoms with Crippen LogP contribution in [0.25, 0.3) is 28.5 Å². The largest absolute Gasteiger partial charge is 0.481 e. The summed E-state index contributed by atoms with van der Waals surface area (Å²) in [6.45, 7) is 4.66. The minimum atomic E-state index is -0.721. The van der Waals surface area contributed by atoms with Gasteiger partial charge in [-0.25, -0.2) is 4.68 Å². The van der Waals surface area contributed by atoms with E-state index >= 15 is 0 Å². The van der Waals surface area contributed by atoms with Crippen LogP contribution in [0.4, 0.5) is 5.82 Å². The van der Waals surface area contributed by atoms with Crippen molar-refractivity contribution >= 4 is 11.8 Å². The molecule has 1 saturated heterocycles. The van der Waals surface area contributed by atoms with Crippen molar-refractivity contribution in [1.29, 1.82) is 0 Å². The third-order valence-corrected chi connectivity index (χ3v) is 5.70. The summed E-state index contributed by atoms with van der Waals surface area (Å²) < 4.78 is 7.40. The molecule has 0 atom stereocenters. The van der Waals surface area contributed by atoms with Crippen molar-refractivity contribution in [2.75, 3.05) is 25.0 Å². The number of para-hydroxylation sites is 1. The summed E-state index contributed by atoms with van der Waals surface area (Å²) in [4.78, 5) is 17.7. The molecule has 1 aliphatic heterocycles. The molecule has 4 aromatic rings. The van der Waals surface area contributed by atoms with Crippen molar-refractivity contribution in [1.82, 2.24) is 24.8 Å². The first-order chi connectivity index (χ1) is 16.1. The van der Waals surface area contributed by atoms with E-state index in [-0.39, 0.29) is 5.92 Å². The fourth-order valence-corrected chi connectivity index (χ4v) is 3.93. The molecule has 5 rings (SSSR count). The molecule has 3 heterocycles. The average Bonchev–Trinajstić information content (AvgIpc) is 3.44. The summed E-state index contributed by atoms with van der Waals surface area (Å²) in [5.41, 5.74) is 3.64. The zero-order valence-corrected chi connectivity index (χ0v) is 18.2. The lowest BCUT2D eigenvalue weighted by Crippen LogP contribution is -2.49. The zero-order valence-electron chi connectivity index (χ0n) is 18.2. The van der Waals surface area contributed by atoms with Gasteiger partial charge in [-0.1, -0.05) is 47.6 Å². The molecule has 2 aromatic carbocycles. The number of nitrogens with one attached hydrogen (secondary N) is 1. The Kier molecular flexibility index (Phi) is 5.62. The molecule has 0 radical (unpaired) electrons. The van der Waals surface area contributed by atoms with Gasteiger partial charge >= 0.3 is 5.97 Å². The summed E-state index contributed by atoms with van der Waals surface area (Å²) in [5.74, 6) is 0.721. The summed E-state index contributed by atoms with van der Waals surface area (Å²) in [7, 11) is 0. The Balaban J connectivity index is 1.33. The van der Waals surface area contributed by atoms with Gasteiger partial charge in [0, 0.05) is 31.7 Å². The second-order valence-electron chi connectivity index (χ2n) is 8.03. The van der Waals surface area contributed by atoms with Crippen molar-refractivity contribution in [3.05, 3.63) is 66.4 Å². The molecule has 0 bridgehead atoms. The van der Waals surface area contributed by atoms with E-state index in [1.165, 1.54) is 0 Å². The van der Waals surface area contributed by atoms with Crippen LogP contribution >= 0.6 is 0 Å². The van der Waals surface area contributed by atoms with Crippen LogP contribution in [0.5, 0.6) is 0 Å². The minimum Gasteiger partial charge on any atom is -0.481 e. The van der Waals surface area contributed by atoms with Gasteiger partial charge in [-0.2, -0.15) is 10.1 Å². The lowest BCUT2D eigenvalue weighted by Gasteiger charge is -2.36. The highest BCUT2D eigenvalue weighted by atomic mass is 16.5. The highest BCUT2D eigenvalue weighted by Crippen LogP contribution is 2.30. The van der Waals surface area contributed by atoms with Gasteiger partial charge in [0.25, 0.3) is 5.89 Å². The van der Waals surface area contributed by atoms with Crippen molar-refractivity contribution in [2.24, 2.45) is 5.92 Å². The molecule has 0 saturated carbocycles. The van der Waals surface area contributed by atoms with E-state index in [9.17, 15) is 4.79 Å². The number of aliphatic carboxylic acids is 1. The molecule has 0 aliphatic carbocycles. The topological polar surface area (TPSA) is 109 Å². The van der Waals surface area contributed by atoms with Gasteiger partial charge in [0.05, 0.1) is 17.8 Å². The van der Waals surface area contributed by atoms with Gasteiger partial charge in [0.2, 0.25) is 5.82 Å². The lowest BCUT2D eigenvalue weighted by molar-refractivity contribution is -0.147. The summed E-state index contributed by atoms with van der Waals surface area (Å²) in [6.07, 6.45) is 1.73. The summed E-state index contributed by atoms with van der Waals surface area (Å²) in [5, 5.41) is 21.0. The Morgan fingerprint density at radius 1 is 1.15 bits per heavy atom. The molecule has 0 unspecified atom stereocenters. The Morgan fingerprint density at radius 2 is 1.91 bits per heavy atom. The number of hydrogen-bond acceptors (Lipinski definition) is 7. The number of benzene rings is 2. The average molecular weight is 444 g/mol. The van der Waals surface area contributed by atoms with Crippen LogP contribution in [0.15, 0.2) is 65.3 Å². The van der Waals surface area contributed by atoms with Crippen LogP contribution < -0.4 is 5.32 Å². The second-order valence-corrected chi connectivity index (χ2v) is 8.03. The van der Waals surface area contributed by atoms with E-state index in [4.69, 9.17) is 9.63 Å². The van der Waals surface area contributed by atoms with Crippen molar-refractivity contribution in [3.63, 3.8) is 0 Å². The van der Waals surface area contributed by atoms with Crippen LogP contribution in [0.2, 0.25) is 0 Å². The Hall–Kier alpha value is -3.98. The zero-order chi connectivity index (χ0) is 22.8. The third kappa shape index (κ3) is 4.22. The molecule has 2 aromatic heterocycles. The van der Waals surface area contributed by atoms with Crippen molar-refractivity contribution < 1.29 is 14.4 Å². The number of hydrogen-bond donors (Lipinski definition) is 2. The minimum absolute atomic E-state index is 0.250. The number of carboxylic acids is 1. The van der Waals surface area contributed by atoms with Crippen molar-refractivity contribution in [3.8, 4) is 28.5 Å². The number of likely N-dealkylation sites (tertiary alicyclic amines) is 1. The van der Waals surface area contributed by atoms with E-state index in [1.807, 2.05) is 66.2 Å². The summed E-state index contributed by atoms with van der Waals surface area (Å²) >= 11 is 0. The maximum atomic E-state index is 11.0. The molecular formula is C24H24N6O3. The lowest BCUT2D eigenvalue weighted by atomic mass is 9.99. The highest BCUT2D eigenvalue weighted by Gasteiger charge is 2.32. The Labute approximate surface area is 190 Å². The van der Waals surface area contributed by atoms with Gasteiger partial charge in [-0.05, 0) is 24.6 Å². The Morgan fingerprint density at radius 3 is 2.61 bits per heavy atom. The van der Waals surface area contributed by atoms with Crippen LogP contribution in [0.3, 0.4) is 0 Å². The van der Waals surface area contributed by atoms with Gasteiger partial charge in [0.1, 0.15) is 11.4 Å². The molecule has 168 valence electrons. The Bertz CT molecular complexity index is 1240. The van der Waals surface area contributed by atoms with E-state index in [2.05, 4.69) is 25.5 Å². The normalized spacial score (nSPS) is 14.2. The standard InChI is InChI=1S/C24H24N6O3/c1-2-25-22-20(12-26-30(22)19-6-4-3-5-7-19)23-27-21(28-33-23)17-10-8-16(9-11-17)13-29-14-18(15-29)24(31)32/h3-12,18,25H,2,13-15H2,1H3,(H,31,32). The maximum Gasteiger partial charge on any atom is 0.309 e. The van der Waals surface area contributed by atoms with Crippen LogP contribution in [0.1, 0.15) is 12.5 Å². The van der Waals surface area contributed by atoms with Crippen LogP contribution in [0, 0.1) is 5.92 Å². The molecule has 9 heteroatoms. The third-order valence-electron chi connectivity index (χ3n) is 5.70. The molecular weight excluding hydrogens is 420 g/mol. The van der Waals surface area contributed by atoms with Crippen LogP contribution in [-0.2, 0) is 11.3 Å². The van der Waals surface area contributed by atoms with Crippen molar-refractivity contribution in [2.45, 2.75) is 13.5 Å². The SMILES string of the molecule is CCNc1c(-c2nc(-c3ccc(CN4CC(C(=O)O)C4)cc3)no2)cnn1-c1ccccc1. The molecule has 2 N–H and O–H groups in total. The second kappa shape index (κ2) is 8.87. The first-order valence-electron chi connectivity index (χ1n) is 10.9. The molecule has 33 heavy (non-hydrogen) atoms. The maximum absolute atomic E-state index is 11.0.